The summed E-state index contributed by atoms with van der Waals surface area (Å²) in [6.45, 7) is 4.98. The van der Waals surface area contributed by atoms with E-state index in [-0.39, 0.29) is 4.90 Å². The molecule has 2 saturated carbocycles. The highest BCUT2D eigenvalue weighted by Crippen LogP contribution is 2.37. The van der Waals surface area contributed by atoms with Crippen molar-refractivity contribution in [2.75, 3.05) is 6.54 Å². The molecule has 2 N–H and O–H groups in total. The third-order valence-corrected chi connectivity index (χ3v) is 5.70. The zero-order chi connectivity index (χ0) is 14.3. The van der Waals surface area contributed by atoms with Crippen molar-refractivity contribution in [3.63, 3.8) is 0 Å². The summed E-state index contributed by atoms with van der Waals surface area (Å²) in [6, 6.07) is 2.22. The van der Waals surface area contributed by atoms with Gasteiger partial charge in [-0.15, -0.1) is 0 Å². The summed E-state index contributed by atoms with van der Waals surface area (Å²) in [5, 5.41) is 3.32. The smallest absolute Gasteiger partial charge is 0.244 e. The predicted molar refractivity (Wildman–Crippen MR) is 75.8 cm³/mol. The minimum absolute atomic E-state index is 0.276. The van der Waals surface area contributed by atoms with E-state index in [0.717, 1.165) is 6.42 Å². The van der Waals surface area contributed by atoms with Crippen LogP contribution in [0.5, 0.6) is 0 Å². The van der Waals surface area contributed by atoms with Gasteiger partial charge in [-0.2, -0.15) is 0 Å². The molecule has 0 bridgehead atoms. The van der Waals surface area contributed by atoms with Crippen molar-refractivity contribution in [2.24, 2.45) is 11.8 Å². The van der Waals surface area contributed by atoms with Crippen LogP contribution >= 0.6 is 0 Å². The van der Waals surface area contributed by atoms with Crippen LogP contribution in [-0.4, -0.2) is 21.0 Å². The summed E-state index contributed by atoms with van der Waals surface area (Å²) in [5.74, 6) is 2.29. The molecule has 2 unspecified atom stereocenters. The van der Waals surface area contributed by atoms with Crippen LogP contribution in [0.4, 0.5) is 0 Å². The van der Waals surface area contributed by atoms with Gasteiger partial charge in [-0.05, 0) is 38.0 Å². The zero-order valence-corrected chi connectivity index (χ0v) is 12.8. The third kappa shape index (κ3) is 3.24. The van der Waals surface area contributed by atoms with Gasteiger partial charge < -0.3 is 9.73 Å². The Hall–Kier alpha value is -0.850. The number of hydrogen-bond acceptors (Lipinski definition) is 4. The number of hydrogen-bond donors (Lipinski definition) is 2. The van der Waals surface area contributed by atoms with E-state index in [1.807, 2.05) is 0 Å². The Morgan fingerprint density at radius 1 is 1.40 bits per heavy atom. The van der Waals surface area contributed by atoms with Gasteiger partial charge in [0.1, 0.15) is 16.4 Å². The molecule has 5 nitrogen and oxygen atoms in total. The molecule has 6 heteroatoms. The van der Waals surface area contributed by atoms with Gasteiger partial charge in [0.2, 0.25) is 10.0 Å². The lowest BCUT2D eigenvalue weighted by Gasteiger charge is -2.04. The summed E-state index contributed by atoms with van der Waals surface area (Å²) >= 11 is 0. The summed E-state index contributed by atoms with van der Waals surface area (Å²) < 4.78 is 32.8. The van der Waals surface area contributed by atoms with Gasteiger partial charge in [-0.25, -0.2) is 13.1 Å². The second-order valence-corrected chi connectivity index (χ2v) is 7.85. The molecule has 112 valence electrons. The lowest BCUT2D eigenvalue weighted by atomic mass is 10.3. The average molecular weight is 298 g/mol. The average Bonchev–Trinajstić information content (AvgIpc) is 3.28. The number of aryl methyl sites for hydroxylation is 1. The summed E-state index contributed by atoms with van der Waals surface area (Å²) in [4.78, 5) is 0.276. The molecule has 2 atom stereocenters. The molecule has 0 amide bonds. The number of nitrogens with one attached hydrogen (secondary N) is 2. The maximum atomic E-state index is 12.3. The van der Waals surface area contributed by atoms with Crippen LogP contribution in [0.1, 0.15) is 37.7 Å². The Bertz CT molecular complexity index is 590. The van der Waals surface area contributed by atoms with Crippen molar-refractivity contribution in [1.82, 2.24) is 10.0 Å². The fourth-order valence-corrected chi connectivity index (χ4v) is 3.68. The Labute approximate surface area is 120 Å². The Balaban J connectivity index is 1.64. The highest BCUT2D eigenvalue weighted by Gasteiger charge is 2.34. The molecule has 0 saturated heterocycles. The lowest BCUT2D eigenvalue weighted by Crippen LogP contribution is -2.26. The van der Waals surface area contributed by atoms with Crippen LogP contribution in [0.3, 0.4) is 0 Å². The standard InChI is InChI=1S/C14H22N2O3S/c1-9-5-11(9)7-16-20(17,18)14-6-13(19-10(14)2)8-15-12-3-4-12/h6,9,11-12,15-16H,3-5,7-8H2,1-2H3. The van der Waals surface area contributed by atoms with Crippen molar-refractivity contribution < 1.29 is 12.8 Å². The summed E-state index contributed by atoms with van der Waals surface area (Å²) in [5.41, 5.74) is 0. The monoisotopic (exact) mass is 298 g/mol. The first-order valence-corrected chi connectivity index (χ1v) is 8.76. The Morgan fingerprint density at radius 3 is 2.70 bits per heavy atom. The van der Waals surface area contributed by atoms with Crippen molar-refractivity contribution >= 4 is 10.0 Å². The zero-order valence-electron chi connectivity index (χ0n) is 12.0. The minimum Gasteiger partial charge on any atom is -0.464 e. The first kappa shape index (κ1) is 14.1. The van der Waals surface area contributed by atoms with E-state index in [1.54, 1.807) is 13.0 Å². The van der Waals surface area contributed by atoms with Gasteiger partial charge in [-0.3, -0.25) is 0 Å². The molecular formula is C14H22N2O3S. The van der Waals surface area contributed by atoms with Gasteiger partial charge in [0, 0.05) is 18.7 Å². The molecule has 1 heterocycles. The van der Waals surface area contributed by atoms with Crippen LogP contribution < -0.4 is 10.0 Å². The van der Waals surface area contributed by atoms with Gasteiger partial charge >= 0.3 is 0 Å². The van der Waals surface area contributed by atoms with E-state index >= 15 is 0 Å². The van der Waals surface area contributed by atoms with E-state index in [2.05, 4.69) is 17.0 Å². The maximum Gasteiger partial charge on any atom is 0.244 e. The fourth-order valence-electron chi connectivity index (χ4n) is 2.39. The van der Waals surface area contributed by atoms with E-state index < -0.39 is 10.0 Å². The van der Waals surface area contributed by atoms with Crippen LogP contribution in [-0.2, 0) is 16.6 Å². The first-order chi connectivity index (χ1) is 9.45. The second kappa shape index (κ2) is 5.16. The Morgan fingerprint density at radius 2 is 2.10 bits per heavy atom. The minimum atomic E-state index is -3.44. The highest BCUT2D eigenvalue weighted by molar-refractivity contribution is 7.89. The molecule has 0 spiro atoms. The number of furan rings is 1. The molecule has 0 aliphatic heterocycles. The second-order valence-electron chi connectivity index (χ2n) is 6.11. The van der Waals surface area contributed by atoms with Crippen molar-refractivity contribution in [1.29, 1.82) is 0 Å². The van der Waals surface area contributed by atoms with E-state index in [1.165, 1.54) is 12.8 Å². The Kier molecular flexibility index (Phi) is 3.64. The predicted octanol–water partition coefficient (Wildman–Crippen LogP) is 1.77. The maximum absolute atomic E-state index is 12.3. The van der Waals surface area contributed by atoms with E-state index in [0.29, 0.717) is 42.5 Å². The molecule has 1 aromatic rings. The highest BCUT2D eigenvalue weighted by atomic mass is 32.2. The molecule has 2 fully saturated rings. The normalized spacial score (nSPS) is 25.9. The number of sulfonamides is 1. The molecule has 2 aliphatic carbocycles. The third-order valence-electron chi connectivity index (χ3n) is 4.17. The first-order valence-electron chi connectivity index (χ1n) is 7.28. The SMILES string of the molecule is Cc1oc(CNC2CC2)cc1S(=O)(=O)NCC1CC1C. The molecular weight excluding hydrogens is 276 g/mol. The largest absolute Gasteiger partial charge is 0.464 e. The molecule has 3 rings (SSSR count). The van der Waals surface area contributed by atoms with Gasteiger partial charge in [0.25, 0.3) is 0 Å². The summed E-state index contributed by atoms with van der Waals surface area (Å²) in [7, 11) is -3.44. The van der Waals surface area contributed by atoms with Crippen molar-refractivity contribution in [3.05, 3.63) is 17.6 Å². The summed E-state index contributed by atoms with van der Waals surface area (Å²) in [6.07, 6.45) is 3.52. The number of rotatable bonds is 7. The van der Waals surface area contributed by atoms with Crippen LogP contribution in [0.15, 0.2) is 15.4 Å². The molecule has 2 aliphatic rings. The quantitative estimate of drug-likeness (QED) is 0.805. The van der Waals surface area contributed by atoms with Crippen molar-refractivity contribution in [2.45, 2.75) is 50.6 Å². The topological polar surface area (TPSA) is 71.3 Å². The molecule has 1 aromatic heterocycles. The van der Waals surface area contributed by atoms with Gasteiger partial charge in [0.15, 0.2) is 0 Å². The van der Waals surface area contributed by atoms with E-state index in [4.69, 9.17) is 4.42 Å². The molecule has 0 radical (unpaired) electrons. The van der Waals surface area contributed by atoms with Crippen LogP contribution in [0.25, 0.3) is 0 Å². The van der Waals surface area contributed by atoms with Crippen LogP contribution in [0, 0.1) is 18.8 Å². The fraction of sp³-hybridized carbons (Fsp3) is 0.714. The van der Waals surface area contributed by atoms with Gasteiger partial charge in [0.05, 0.1) is 6.54 Å². The van der Waals surface area contributed by atoms with Crippen molar-refractivity contribution in [3.8, 4) is 0 Å². The van der Waals surface area contributed by atoms with Crippen LogP contribution in [0.2, 0.25) is 0 Å². The van der Waals surface area contributed by atoms with E-state index in [9.17, 15) is 8.42 Å². The lowest BCUT2D eigenvalue weighted by molar-refractivity contribution is 0.456. The molecule has 20 heavy (non-hydrogen) atoms. The molecule has 0 aromatic carbocycles. The van der Waals surface area contributed by atoms with Gasteiger partial charge in [-0.1, -0.05) is 6.92 Å².